The lowest BCUT2D eigenvalue weighted by atomic mass is 9.99. The average Bonchev–Trinajstić information content (AvgIpc) is 2.85. The van der Waals surface area contributed by atoms with E-state index in [0.29, 0.717) is 28.7 Å². The lowest BCUT2D eigenvalue weighted by Crippen LogP contribution is -2.56. The maximum Gasteiger partial charge on any atom is 0.0475 e. The Bertz CT molecular complexity index is 488. The number of nitrogens with two attached hydrogens (primary N) is 1. The standard InChI is InChI=1S/C16H23Cl2N3/c1-11-9-20-4-2-3-15(20)10-21(11)16(8-19)12-5-13(17)7-14(18)6-12/h5-7,11,15-16H,2-4,8-10,19H2,1H3. The highest BCUT2D eigenvalue weighted by atomic mass is 35.5. The fraction of sp³-hybridized carbons (Fsp3) is 0.625. The van der Waals surface area contributed by atoms with Crippen molar-refractivity contribution in [3.05, 3.63) is 33.8 Å². The molecular weight excluding hydrogens is 305 g/mol. The van der Waals surface area contributed by atoms with Gasteiger partial charge in [-0.3, -0.25) is 9.80 Å². The molecule has 2 N–H and O–H groups in total. The van der Waals surface area contributed by atoms with Crippen LogP contribution in [0.4, 0.5) is 0 Å². The first-order chi connectivity index (χ1) is 10.1. The summed E-state index contributed by atoms with van der Waals surface area (Å²) in [6.07, 6.45) is 2.62. The summed E-state index contributed by atoms with van der Waals surface area (Å²) in [5.74, 6) is 0. The van der Waals surface area contributed by atoms with E-state index in [1.807, 2.05) is 12.1 Å². The number of nitrogens with zero attached hydrogens (tertiary/aromatic N) is 2. The minimum absolute atomic E-state index is 0.193. The van der Waals surface area contributed by atoms with Crippen molar-refractivity contribution < 1.29 is 0 Å². The first-order valence-corrected chi connectivity index (χ1v) is 8.50. The van der Waals surface area contributed by atoms with Gasteiger partial charge in [-0.25, -0.2) is 0 Å². The van der Waals surface area contributed by atoms with Gasteiger partial charge in [-0.15, -0.1) is 0 Å². The van der Waals surface area contributed by atoms with Gasteiger partial charge in [0.05, 0.1) is 0 Å². The maximum atomic E-state index is 6.16. The van der Waals surface area contributed by atoms with E-state index >= 15 is 0 Å². The van der Waals surface area contributed by atoms with Gasteiger partial charge in [-0.05, 0) is 50.1 Å². The number of hydrogen-bond acceptors (Lipinski definition) is 3. The largest absolute Gasteiger partial charge is 0.329 e. The number of halogens is 2. The molecule has 116 valence electrons. The molecule has 3 unspecified atom stereocenters. The van der Waals surface area contributed by atoms with Crippen molar-refractivity contribution in [2.75, 3.05) is 26.2 Å². The Morgan fingerprint density at radius 1 is 1.24 bits per heavy atom. The second-order valence-electron chi connectivity index (χ2n) is 6.29. The van der Waals surface area contributed by atoms with E-state index in [0.717, 1.165) is 18.7 Å². The van der Waals surface area contributed by atoms with E-state index in [9.17, 15) is 0 Å². The molecular formula is C16H23Cl2N3. The van der Waals surface area contributed by atoms with E-state index in [1.165, 1.54) is 19.4 Å². The van der Waals surface area contributed by atoms with Gasteiger partial charge in [0.1, 0.15) is 0 Å². The highest BCUT2D eigenvalue weighted by Crippen LogP contribution is 2.32. The van der Waals surface area contributed by atoms with E-state index in [4.69, 9.17) is 28.9 Å². The molecule has 2 saturated heterocycles. The summed E-state index contributed by atoms with van der Waals surface area (Å²) in [6, 6.07) is 7.16. The maximum absolute atomic E-state index is 6.16. The number of piperazine rings is 1. The van der Waals surface area contributed by atoms with Gasteiger partial charge in [-0.1, -0.05) is 23.2 Å². The topological polar surface area (TPSA) is 32.5 Å². The molecule has 1 aromatic rings. The number of benzene rings is 1. The van der Waals surface area contributed by atoms with Gasteiger partial charge < -0.3 is 5.73 Å². The smallest absolute Gasteiger partial charge is 0.0475 e. The van der Waals surface area contributed by atoms with Crippen LogP contribution in [0.1, 0.15) is 31.4 Å². The predicted octanol–water partition coefficient (Wildman–Crippen LogP) is 3.16. The molecule has 0 bridgehead atoms. The highest BCUT2D eigenvalue weighted by Gasteiger charge is 2.37. The molecule has 2 aliphatic heterocycles. The molecule has 0 aliphatic carbocycles. The van der Waals surface area contributed by atoms with Crippen molar-refractivity contribution in [2.24, 2.45) is 5.73 Å². The Morgan fingerprint density at radius 2 is 1.95 bits per heavy atom. The van der Waals surface area contributed by atoms with Crippen molar-refractivity contribution in [3.63, 3.8) is 0 Å². The van der Waals surface area contributed by atoms with E-state index in [2.05, 4.69) is 16.7 Å². The van der Waals surface area contributed by atoms with Crippen molar-refractivity contribution in [3.8, 4) is 0 Å². The van der Waals surface area contributed by atoms with Crippen molar-refractivity contribution in [2.45, 2.75) is 37.9 Å². The zero-order valence-electron chi connectivity index (χ0n) is 12.4. The predicted molar refractivity (Wildman–Crippen MR) is 89.0 cm³/mol. The summed E-state index contributed by atoms with van der Waals surface area (Å²) in [5, 5.41) is 1.37. The van der Waals surface area contributed by atoms with E-state index in [-0.39, 0.29) is 6.04 Å². The molecule has 1 aromatic carbocycles. The molecule has 0 saturated carbocycles. The summed E-state index contributed by atoms with van der Waals surface area (Å²) >= 11 is 12.3. The molecule has 0 amide bonds. The van der Waals surface area contributed by atoms with Crippen molar-refractivity contribution in [1.29, 1.82) is 0 Å². The van der Waals surface area contributed by atoms with Gasteiger partial charge >= 0.3 is 0 Å². The van der Waals surface area contributed by atoms with Gasteiger partial charge in [0.25, 0.3) is 0 Å². The molecule has 21 heavy (non-hydrogen) atoms. The average molecular weight is 328 g/mol. The molecule has 3 nitrogen and oxygen atoms in total. The fourth-order valence-electron chi connectivity index (χ4n) is 3.87. The molecule has 0 aromatic heterocycles. The summed E-state index contributed by atoms with van der Waals surface area (Å²) in [6.45, 7) is 6.36. The van der Waals surface area contributed by atoms with Crippen LogP contribution < -0.4 is 5.73 Å². The van der Waals surface area contributed by atoms with Crippen LogP contribution >= 0.6 is 23.2 Å². The van der Waals surface area contributed by atoms with Gasteiger partial charge in [-0.2, -0.15) is 0 Å². The van der Waals surface area contributed by atoms with Gasteiger partial charge in [0.15, 0.2) is 0 Å². The third-order valence-corrected chi connectivity index (χ3v) is 5.32. The van der Waals surface area contributed by atoms with E-state index < -0.39 is 0 Å². The second kappa shape index (κ2) is 6.43. The molecule has 2 aliphatic rings. The van der Waals surface area contributed by atoms with Gasteiger partial charge in [0.2, 0.25) is 0 Å². The van der Waals surface area contributed by atoms with Crippen molar-refractivity contribution in [1.82, 2.24) is 9.80 Å². The Kier molecular flexibility index (Phi) is 4.77. The number of fused-ring (bicyclic) bond motifs is 1. The van der Waals surface area contributed by atoms with Crippen LogP contribution in [0.25, 0.3) is 0 Å². The lowest BCUT2D eigenvalue weighted by molar-refractivity contribution is 0.0296. The zero-order chi connectivity index (χ0) is 15.0. The van der Waals surface area contributed by atoms with Crippen molar-refractivity contribution >= 4 is 23.2 Å². The SMILES string of the molecule is CC1CN2CCCC2CN1C(CN)c1cc(Cl)cc(Cl)c1. The summed E-state index contributed by atoms with van der Waals surface area (Å²) in [7, 11) is 0. The summed E-state index contributed by atoms with van der Waals surface area (Å²) in [4.78, 5) is 5.16. The third kappa shape index (κ3) is 3.22. The summed E-state index contributed by atoms with van der Waals surface area (Å²) < 4.78 is 0. The van der Waals surface area contributed by atoms with Crippen LogP contribution in [0.15, 0.2) is 18.2 Å². The Labute approximate surface area is 137 Å². The van der Waals surface area contributed by atoms with Crippen LogP contribution in [-0.4, -0.2) is 48.1 Å². The summed E-state index contributed by atoms with van der Waals surface area (Å²) in [5.41, 5.74) is 7.23. The molecule has 0 radical (unpaired) electrons. The normalized spacial score (nSPS) is 28.6. The molecule has 3 rings (SSSR count). The molecule has 2 fully saturated rings. The van der Waals surface area contributed by atoms with Crippen LogP contribution in [0.5, 0.6) is 0 Å². The third-order valence-electron chi connectivity index (χ3n) is 4.88. The Hall–Kier alpha value is -0.320. The number of rotatable bonds is 3. The van der Waals surface area contributed by atoms with Crippen LogP contribution in [-0.2, 0) is 0 Å². The minimum Gasteiger partial charge on any atom is -0.329 e. The molecule has 0 spiro atoms. The van der Waals surface area contributed by atoms with Crippen LogP contribution in [0, 0.1) is 0 Å². The van der Waals surface area contributed by atoms with Crippen LogP contribution in [0.2, 0.25) is 10.0 Å². The first kappa shape index (κ1) is 15.6. The Morgan fingerprint density at radius 3 is 2.62 bits per heavy atom. The fourth-order valence-corrected chi connectivity index (χ4v) is 4.42. The zero-order valence-corrected chi connectivity index (χ0v) is 13.9. The number of hydrogen-bond donors (Lipinski definition) is 1. The lowest BCUT2D eigenvalue weighted by Gasteiger charge is -2.46. The molecule has 2 heterocycles. The first-order valence-electron chi connectivity index (χ1n) is 7.74. The second-order valence-corrected chi connectivity index (χ2v) is 7.16. The Balaban J connectivity index is 1.84. The van der Waals surface area contributed by atoms with Gasteiger partial charge in [0, 0.05) is 47.8 Å². The van der Waals surface area contributed by atoms with Crippen LogP contribution in [0.3, 0.4) is 0 Å². The monoisotopic (exact) mass is 327 g/mol. The molecule has 3 atom stereocenters. The molecule has 5 heteroatoms. The minimum atomic E-state index is 0.193. The quantitative estimate of drug-likeness (QED) is 0.925. The van der Waals surface area contributed by atoms with E-state index in [1.54, 1.807) is 6.07 Å². The highest BCUT2D eigenvalue weighted by molar-refractivity contribution is 6.34.